The van der Waals surface area contributed by atoms with Gasteiger partial charge < -0.3 is 9.51 Å². The minimum atomic E-state index is -0.626. The van der Waals surface area contributed by atoms with Crippen LogP contribution in [-0.2, 0) is 11.2 Å². The number of hydrogen-bond donors (Lipinski definition) is 1. The van der Waals surface area contributed by atoms with E-state index in [9.17, 15) is 4.79 Å². The van der Waals surface area contributed by atoms with Crippen LogP contribution in [0.2, 0.25) is 0 Å². The molecule has 1 saturated carbocycles. The summed E-state index contributed by atoms with van der Waals surface area (Å²) in [5.41, 5.74) is 3.33. The van der Waals surface area contributed by atoms with E-state index in [1.807, 2.05) is 13.1 Å². The lowest BCUT2D eigenvalue weighted by molar-refractivity contribution is -0.143. The second-order valence-corrected chi connectivity index (χ2v) is 5.95. The first kappa shape index (κ1) is 13.2. The largest absolute Gasteiger partial charge is 0.481 e. The molecule has 0 aliphatic heterocycles. The number of imidazole rings is 1. The standard InChI is InChI=1S/C16H20N2O2/c1-11-9-18-10-13(4-7-15(18)17-11)8-12-2-5-14(6-3-12)16(19)20/h4,7,9-10,12,14H,2-3,5-6,8H2,1H3,(H,19,20)/t12-,14-. The van der Waals surface area contributed by atoms with Gasteiger partial charge in [0.25, 0.3) is 0 Å². The zero-order valence-corrected chi connectivity index (χ0v) is 11.7. The van der Waals surface area contributed by atoms with E-state index in [0.717, 1.165) is 43.4 Å². The second kappa shape index (κ2) is 5.27. The SMILES string of the molecule is Cc1cn2cc(C[C@H]3CC[C@H](C(=O)O)CC3)ccc2n1. The van der Waals surface area contributed by atoms with Crippen molar-refractivity contribution < 1.29 is 9.90 Å². The molecule has 0 amide bonds. The van der Waals surface area contributed by atoms with Crippen LogP contribution in [-0.4, -0.2) is 20.5 Å². The topological polar surface area (TPSA) is 54.6 Å². The summed E-state index contributed by atoms with van der Waals surface area (Å²) in [6.45, 7) is 2.00. The van der Waals surface area contributed by atoms with Gasteiger partial charge in [-0.3, -0.25) is 4.79 Å². The molecule has 1 N–H and O–H groups in total. The smallest absolute Gasteiger partial charge is 0.306 e. The molecule has 4 heteroatoms. The average Bonchev–Trinajstić information content (AvgIpc) is 2.78. The van der Waals surface area contributed by atoms with Gasteiger partial charge in [0.05, 0.1) is 11.6 Å². The summed E-state index contributed by atoms with van der Waals surface area (Å²) in [5, 5.41) is 9.02. The summed E-state index contributed by atoms with van der Waals surface area (Å²) in [4.78, 5) is 15.4. The Kier molecular flexibility index (Phi) is 3.47. The highest BCUT2D eigenvalue weighted by Crippen LogP contribution is 2.31. The molecule has 2 aromatic heterocycles. The third-order valence-corrected chi connectivity index (χ3v) is 4.35. The molecular weight excluding hydrogens is 252 g/mol. The van der Waals surface area contributed by atoms with Crippen LogP contribution in [0.25, 0.3) is 5.65 Å². The zero-order valence-electron chi connectivity index (χ0n) is 11.7. The van der Waals surface area contributed by atoms with Crippen LogP contribution in [0.5, 0.6) is 0 Å². The molecule has 0 unspecified atom stereocenters. The molecule has 2 aromatic rings. The number of nitrogens with zero attached hydrogens (tertiary/aromatic N) is 2. The van der Waals surface area contributed by atoms with Gasteiger partial charge in [0.1, 0.15) is 5.65 Å². The van der Waals surface area contributed by atoms with Gasteiger partial charge in [-0.25, -0.2) is 4.98 Å². The third-order valence-electron chi connectivity index (χ3n) is 4.35. The third kappa shape index (κ3) is 2.69. The molecule has 0 saturated heterocycles. The van der Waals surface area contributed by atoms with Crippen molar-refractivity contribution in [1.29, 1.82) is 0 Å². The molecule has 0 bridgehead atoms. The maximum atomic E-state index is 11.0. The minimum Gasteiger partial charge on any atom is -0.481 e. The Morgan fingerprint density at radius 1 is 1.30 bits per heavy atom. The zero-order chi connectivity index (χ0) is 14.1. The van der Waals surface area contributed by atoms with Crippen molar-refractivity contribution in [1.82, 2.24) is 9.38 Å². The van der Waals surface area contributed by atoms with Crippen LogP contribution in [0.1, 0.15) is 36.9 Å². The fourth-order valence-electron chi connectivity index (χ4n) is 3.23. The fraction of sp³-hybridized carbons (Fsp3) is 0.500. The van der Waals surface area contributed by atoms with Crippen LogP contribution in [0, 0.1) is 18.8 Å². The van der Waals surface area contributed by atoms with Crippen LogP contribution < -0.4 is 0 Å². The molecule has 1 aliphatic rings. The highest BCUT2D eigenvalue weighted by Gasteiger charge is 2.25. The van der Waals surface area contributed by atoms with E-state index in [1.54, 1.807) is 0 Å². The Morgan fingerprint density at radius 2 is 2.05 bits per heavy atom. The van der Waals surface area contributed by atoms with Crippen molar-refractivity contribution in [3.05, 3.63) is 35.8 Å². The van der Waals surface area contributed by atoms with Gasteiger partial charge >= 0.3 is 5.97 Å². The summed E-state index contributed by atoms with van der Waals surface area (Å²) in [6.07, 6.45) is 8.94. The lowest BCUT2D eigenvalue weighted by Crippen LogP contribution is -2.22. The Labute approximate surface area is 118 Å². The van der Waals surface area contributed by atoms with E-state index in [1.165, 1.54) is 5.56 Å². The normalized spacial score (nSPS) is 23.1. The van der Waals surface area contributed by atoms with E-state index in [0.29, 0.717) is 5.92 Å². The molecular formula is C16H20N2O2. The number of aryl methyl sites for hydroxylation is 1. The van der Waals surface area contributed by atoms with Gasteiger partial charge in [-0.2, -0.15) is 0 Å². The van der Waals surface area contributed by atoms with Crippen LogP contribution in [0.3, 0.4) is 0 Å². The Balaban J connectivity index is 1.66. The van der Waals surface area contributed by atoms with Gasteiger partial charge in [-0.05, 0) is 56.6 Å². The fourth-order valence-corrected chi connectivity index (χ4v) is 3.23. The lowest BCUT2D eigenvalue weighted by atomic mass is 9.79. The summed E-state index contributed by atoms with van der Waals surface area (Å²) < 4.78 is 2.08. The Hall–Kier alpha value is -1.84. The van der Waals surface area contributed by atoms with E-state index in [-0.39, 0.29) is 5.92 Å². The Morgan fingerprint density at radius 3 is 2.75 bits per heavy atom. The summed E-state index contributed by atoms with van der Waals surface area (Å²) in [6, 6.07) is 4.20. The van der Waals surface area contributed by atoms with Crippen molar-refractivity contribution >= 4 is 11.6 Å². The maximum Gasteiger partial charge on any atom is 0.306 e. The maximum absolute atomic E-state index is 11.0. The van der Waals surface area contributed by atoms with E-state index in [2.05, 4.69) is 27.7 Å². The lowest BCUT2D eigenvalue weighted by Gasteiger charge is -2.26. The number of carboxylic acids is 1. The first-order valence-corrected chi connectivity index (χ1v) is 7.29. The van der Waals surface area contributed by atoms with Crippen molar-refractivity contribution in [3.8, 4) is 0 Å². The Bertz CT molecular complexity index is 624. The molecule has 3 rings (SSSR count). The van der Waals surface area contributed by atoms with Gasteiger partial charge in [0, 0.05) is 12.4 Å². The average molecular weight is 272 g/mol. The molecule has 4 nitrogen and oxygen atoms in total. The first-order chi connectivity index (χ1) is 9.61. The van der Waals surface area contributed by atoms with Crippen molar-refractivity contribution in [2.45, 2.75) is 39.0 Å². The van der Waals surface area contributed by atoms with Gasteiger partial charge in [-0.15, -0.1) is 0 Å². The quantitative estimate of drug-likeness (QED) is 0.934. The summed E-state index contributed by atoms with van der Waals surface area (Å²) in [7, 11) is 0. The molecule has 0 aromatic carbocycles. The van der Waals surface area contributed by atoms with Crippen molar-refractivity contribution in [2.75, 3.05) is 0 Å². The highest BCUT2D eigenvalue weighted by molar-refractivity contribution is 5.70. The summed E-state index contributed by atoms with van der Waals surface area (Å²) >= 11 is 0. The molecule has 20 heavy (non-hydrogen) atoms. The molecule has 106 valence electrons. The van der Waals surface area contributed by atoms with Crippen LogP contribution in [0.4, 0.5) is 0 Å². The molecule has 1 fully saturated rings. The van der Waals surface area contributed by atoms with E-state index >= 15 is 0 Å². The summed E-state index contributed by atoms with van der Waals surface area (Å²) in [5.74, 6) is -0.128. The number of carbonyl (C=O) groups is 1. The molecule has 1 aliphatic carbocycles. The number of hydrogen-bond acceptors (Lipinski definition) is 2. The predicted octanol–water partition coefficient (Wildman–Crippen LogP) is 3.08. The number of rotatable bonds is 3. The van der Waals surface area contributed by atoms with Crippen LogP contribution in [0.15, 0.2) is 24.5 Å². The number of aromatic nitrogens is 2. The highest BCUT2D eigenvalue weighted by atomic mass is 16.4. The molecule has 0 atom stereocenters. The number of carboxylic acid groups (broad SMARTS) is 1. The first-order valence-electron chi connectivity index (χ1n) is 7.29. The van der Waals surface area contributed by atoms with Crippen LogP contribution >= 0.6 is 0 Å². The molecule has 0 spiro atoms. The number of fused-ring (bicyclic) bond motifs is 1. The van der Waals surface area contributed by atoms with Gasteiger partial charge in [-0.1, -0.05) is 6.07 Å². The minimum absolute atomic E-state index is 0.120. The predicted molar refractivity (Wildman–Crippen MR) is 76.7 cm³/mol. The van der Waals surface area contributed by atoms with E-state index < -0.39 is 5.97 Å². The molecule has 2 heterocycles. The monoisotopic (exact) mass is 272 g/mol. The molecule has 0 radical (unpaired) electrons. The van der Waals surface area contributed by atoms with Gasteiger partial charge in [0.2, 0.25) is 0 Å². The van der Waals surface area contributed by atoms with Crippen molar-refractivity contribution in [2.24, 2.45) is 11.8 Å². The van der Waals surface area contributed by atoms with Crippen molar-refractivity contribution in [3.63, 3.8) is 0 Å². The number of pyridine rings is 1. The number of aliphatic carboxylic acids is 1. The van der Waals surface area contributed by atoms with E-state index in [4.69, 9.17) is 5.11 Å². The van der Waals surface area contributed by atoms with Gasteiger partial charge in [0.15, 0.2) is 0 Å². The second-order valence-electron chi connectivity index (χ2n) is 5.95.